The normalized spacial score (nSPS) is 30.7. The first kappa shape index (κ1) is 11.3. The van der Waals surface area contributed by atoms with E-state index >= 15 is 0 Å². The lowest BCUT2D eigenvalue weighted by molar-refractivity contribution is 0.0631. The topological polar surface area (TPSA) is 41.5 Å². The van der Waals surface area contributed by atoms with Crippen LogP contribution in [0.1, 0.15) is 13.3 Å². The summed E-state index contributed by atoms with van der Waals surface area (Å²) in [6.45, 7) is 3.31. The van der Waals surface area contributed by atoms with Crippen molar-refractivity contribution in [2.45, 2.75) is 30.7 Å². The largest absolute Gasteiger partial charge is 0.389 e. The van der Waals surface area contributed by atoms with Crippen molar-refractivity contribution in [1.29, 1.82) is 0 Å². The summed E-state index contributed by atoms with van der Waals surface area (Å²) < 4.78 is 4.84. The number of aliphatic hydroxyl groups is 1. The SMILES string of the molecule is COCC(O)CNC1CSC(C)C1. The number of nitrogens with one attached hydrogen (secondary N) is 1. The van der Waals surface area contributed by atoms with Crippen molar-refractivity contribution in [3.05, 3.63) is 0 Å². The van der Waals surface area contributed by atoms with Crippen LogP contribution in [0.3, 0.4) is 0 Å². The van der Waals surface area contributed by atoms with Crippen LogP contribution in [0, 0.1) is 0 Å². The molecule has 78 valence electrons. The van der Waals surface area contributed by atoms with Gasteiger partial charge in [0.25, 0.3) is 0 Å². The summed E-state index contributed by atoms with van der Waals surface area (Å²) in [6, 6.07) is 0.575. The minimum absolute atomic E-state index is 0.370. The van der Waals surface area contributed by atoms with Gasteiger partial charge < -0.3 is 15.2 Å². The third-order valence-corrected chi connectivity index (χ3v) is 3.56. The maximum Gasteiger partial charge on any atom is 0.0897 e. The van der Waals surface area contributed by atoms with E-state index in [0.29, 0.717) is 19.2 Å². The van der Waals surface area contributed by atoms with Crippen LogP contribution in [-0.2, 0) is 4.74 Å². The molecule has 1 aliphatic rings. The third-order valence-electron chi connectivity index (χ3n) is 2.20. The Morgan fingerprint density at radius 1 is 1.69 bits per heavy atom. The number of hydrogen-bond acceptors (Lipinski definition) is 4. The van der Waals surface area contributed by atoms with Crippen LogP contribution in [0.25, 0.3) is 0 Å². The van der Waals surface area contributed by atoms with Crippen LogP contribution >= 0.6 is 11.8 Å². The molecule has 0 radical (unpaired) electrons. The highest BCUT2D eigenvalue weighted by Crippen LogP contribution is 2.25. The lowest BCUT2D eigenvalue weighted by atomic mass is 10.2. The maximum absolute atomic E-state index is 9.38. The Bertz CT molecular complexity index is 146. The van der Waals surface area contributed by atoms with E-state index < -0.39 is 0 Å². The van der Waals surface area contributed by atoms with Crippen molar-refractivity contribution in [2.24, 2.45) is 0 Å². The number of ether oxygens (including phenoxy) is 1. The molecule has 1 aliphatic heterocycles. The number of rotatable bonds is 5. The molecule has 2 N–H and O–H groups in total. The summed E-state index contributed by atoms with van der Waals surface area (Å²) >= 11 is 1.99. The van der Waals surface area contributed by atoms with E-state index in [1.54, 1.807) is 7.11 Å². The number of hydrogen-bond donors (Lipinski definition) is 2. The van der Waals surface area contributed by atoms with E-state index in [2.05, 4.69) is 12.2 Å². The van der Waals surface area contributed by atoms with Gasteiger partial charge in [-0.1, -0.05) is 6.92 Å². The molecule has 4 heteroatoms. The Kier molecular flexibility index (Phi) is 5.09. The average molecular weight is 205 g/mol. The monoisotopic (exact) mass is 205 g/mol. The van der Waals surface area contributed by atoms with E-state index in [1.807, 2.05) is 11.8 Å². The molecule has 0 aromatic carbocycles. The highest BCUT2D eigenvalue weighted by Gasteiger charge is 2.21. The van der Waals surface area contributed by atoms with E-state index in [0.717, 1.165) is 5.25 Å². The average Bonchev–Trinajstić information content (AvgIpc) is 2.49. The van der Waals surface area contributed by atoms with Gasteiger partial charge in [-0.15, -0.1) is 0 Å². The van der Waals surface area contributed by atoms with Crippen molar-refractivity contribution in [3.8, 4) is 0 Å². The molecule has 0 bridgehead atoms. The fourth-order valence-electron chi connectivity index (χ4n) is 1.51. The predicted molar refractivity (Wildman–Crippen MR) is 56.2 cm³/mol. The van der Waals surface area contributed by atoms with Crippen LogP contribution in [0.4, 0.5) is 0 Å². The molecule has 1 rings (SSSR count). The fourth-order valence-corrected chi connectivity index (χ4v) is 2.70. The van der Waals surface area contributed by atoms with Gasteiger partial charge in [-0.05, 0) is 6.42 Å². The molecule has 0 aromatic heterocycles. The minimum Gasteiger partial charge on any atom is -0.389 e. The van der Waals surface area contributed by atoms with Gasteiger partial charge in [0.2, 0.25) is 0 Å². The zero-order valence-corrected chi connectivity index (χ0v) is 9.14. The first-order chi connectivity index (χ1) is 6.22. The maximum atomic E-state index is 9.38. The molecular formula is C9H19NO2S. The summed E-state index contributed by atoms with van der Waals surface area (Å²) in [6.07, 6.45) is 0.843. The highest BCUT2D eigenvalue weighted by molar-refractivity contribution is 8.00. The Hall–Kier alpha value is 0.230. The molecule has 0 aromatic rings. The van der Waals surface area contributed by atoms with Crippen LogP contribution in [0.2, 0.25) is 0 Å². The Morgan fingerprint density at radius 3 is 3.00 bits per heavy atom. The molecular weight excluding hydrogens is 186 g/mol. The fraction of sp³-hybridized carbons (Fsp3) is 1.00. The van der Waals surface area contributed by atoms with Gasteiger partial charge in [0.15, 0.2) is 0 Å². The summed E-state index contributed by atoms with van der Waals surface area (Å²) in [7, 11) is 1.61. The van der Waals surface area contributed by atoms with Crippen molar-refractivity contribution in [1.82, 2.24) is 5.32 Å². The predicted octanol–water partition coefficient (Wildman–Crippen LogP) is 0.477. The van der Waals surface area contributed by atoms with Gasteiger partial charge in [-0.2, -0.15) is 11.8 Å². The lowest BCUT2D eigenvalue weighted by Crippen LogP contribution is -2.37. The quantitative estimate of drug-likeness (QED) is 0.685. The van der Waals surface area contributed by atoms with Crippen molar-refractivity contribution >= 4 is 11.8 Å². The van der Waals surface area contributed by atoms with Crippen molar-refractivity contribution in [2.75, 3.05) is 26.0 Å². The van der Waals surface area contributed by atoms with Gasteiger partial charge in [0.05, 0.1) is 12.7 Å². The molecule has 0 amide bonds. The second kappa shape index (κ2) is 5.86. The zero-order chi connectivity index (χ0) is 9.68. The van der Waals surface area contributed by atoms with Crippen LogP contribution in [-0.4, -0.2) is 48.5 Å². The standard InChI is InChI=1S/C9H19NO2S/c1-7-3-8(6-13-7)10-4-9(11)5-12-2/h7-11H,3-6H2,1-2H3. The second-order valence-electron chi connectivity index (χ2n) is 3.59. The first-order valence-electron chi connectivity index (χ1n) is 4.74. The second-order valence-corrected chi connectivity index (χ2v) is 5.07. The molecule has 3 atom stereocenters. The Labute approximate surface area is 84.2 Å². The van der Waals surface area contributed by atoms with E-state index in [9.17, 15) is 5.11 Å². The molecule has 0 saturated carbocycles. The van der Waals surface area contributed by atoms with Crippen molar-refractivity contribution < 1.29 is 9.84 Å². The molecule has 1 saturated heterocycles. The smallest absolute Gasteiger partial charge is 0.0897 e. The van der Waals surface area contributed by atoms with Gasteiger partial charge >= 0.3 is 0 Å². The number of thioether (sulfide) groups is 1. The van der Waals surface area contributed by atoms with Crippen LogP contribution < -0.4 is 5.32 Å². The van der Waals surface area contributed by atoms with Gasteiger partial charge in [-0.3, -0.25) is 0 Å². The van der Waals surface area contributed by atoms with E-state index in [4.69, 9.17) is 4.74 Å². The summed E-state index contributed by atoms with van der Waals surface area (Å²) in [4.78, 5) is 0. The van der Waals surface area contributed by atoms with Crippen LogP contribution in [0.15, 0.2) is 0 Å². The lowest BCUT2D eigenvalue weighted by Gasteiger charge is -2.15. The molecule has 0 spiro atoms. The van der Waals surface area contributed by atoms with Crippen LogP contribution in [0.5, 0.6) is 0 Å². The summed E-state index contributed by atoms with van der Waals surface area (Å²) in [5, 5.41) is 13.5. The first-order valence-corrected chi connectivity index (χ1v) is 5.79. The Morgan fingerprint density at radius 2 is 2.46 bits per heavy atom. The minimum atomic E-state index is -0.370. The molecule has 13 heavy (non-hydrogen) atoms. The van der Waals surface area contributed by atoms with Crippen molar-refractivity contribution in [3.63, 3.8) is 0 Å². The molecule has 3 nitrogen and oxygen atoms in total. The molecule has 3 unspecified atom stereocenters. The van der Waals surface area contributed by atoms with Gasteiger partial charge in [0, 0.05) is 30.7 Å². The highest BCUT2D eigenvalue weighted by atomic mass is 32.2. The van der Waals surface area contributed by atoms with Gasteiger partial charge in [0.1, 0.15) is 0 Å². The van der Waals surface area contributed by atoms with E-state index in [1.165, 1.54) is 12.2 Å². The molecule has 1 fully saturated rings. The molecule has 0 aliphatic carbocycles. The third kappa shape index (κ3) is 4.31. The number of methoxy groups -OCH3 is 1. The molecule has 1 heterocycles. The van der Waals surface area contributed by atoms with E-state index in [-0.39, 0.29) is 6.10 Å². The summed E-state index contributed by atoms with van der Waals surface area (Å²) in [5.41, 5.74) is 0. The van der Waals surface area contributed by atoms with Gasteiger partial charge in [-0.25, -0.2) is 0 Å². The number of aliphatic hydroxyl groups excluding tert-OH is 1. The summed E-state index contributed by atoms with van der Waals surface area (Å²) in [5.74, 6) is 1.17. The Balaban J connectivity index is 2.05. The zero-order valence-electron chi connectivity index (χ0n) is 8.32.